The van der Waals surface area contributed by atoms with E-state index in [1.807, 2.05) is 35.9 Å². The highest BCUT2D eigenvalue weighted by molar-refractivity contribution is 7.13. The van der Waals surface area contributed by atoms with E-state index in [-0.39, 0.29) is 5.56 Å². The molecule has 96 valence electrons. The van der Waals surface area contributed by atoms with Gasteiger partial charge in [-0.3, -0.25) is 4.79 Å². The summed E-state index contributed by atoms with van der Waals surface area (Å²) in [5, 5.41) is 6.43. The normalized spacial score (nSPS) is 10.9. The van der Waals surface area contributed by atoms with Gasteiger partial charge in [0.05, 0.1) is 4.88 Å². The van der Waals surface area contributed by atoms with Crippen molar-refractivity contribution in [2.75, 3.05) is 0 Å². The van der Waals surface area contributed by atoms with E-state index in [4.69, 9.17) is 0 Å². The Bertz CT molecular complexity index is 768. The molecule has 0 fully saturated rings. The molecule has 0 saturated heterocycles. The van der Waals surface area contributed by atoms with E-state index in [1.165, 1.54) is 0 Å². The van der Waals surface area contributed by atoms with Crippen LogP contribution < -0.4 is 5.56 Å². The number of nitrogens with zero attached hydrogens (tertiary/aromatic N) is 3. The first kappa shape index (κ1) is 11.9. The topological polar surface area (TPSA) is 39.3 Å². The molecule has 0 aliphatic heterocycles. The third-order valence-electron chi connectivity index (χ3n) is 2.95. The Balaban J connectivity index is 2.10. The molecule has 0 aromatic carbocycles. The van der Waals surface area contributed by atoms with E-state index in [2.05, 4.69) is 11.7 Å². The van der Waals surface area contributed by atoms with Gasteiger partial charge in [-0.2, -0.15) is 5.10 Å². The van der Waals surface area contributed by atoms with Gasteiger partial charge >= 0.3 is 0 Å². The van der Waals surface area contributed by atoms with Crippen LogP contribution in [0.3, 0.4) is 0 Å². The van der Waals surface area contributed by atoms with Gasteiger partial charge < -0.3 is 4.57 Å². The minimum absolute atomic E-state index is 0.0142. The van der Waals surface area contributed by atoms with Crippen molar-refractivity contribution < 1.29 is 0 Å². The zero-order valence-electron chi connectivity index (χ0n) is 10.3. The molecule has 19 heavy (non-hydrogen) atoms. The number of hydrogen-bond acceptors (Lipinski definition) is 3. The minimum atomic E-state index is -0.0142. The first-order valence-corrected chi connectivity index (χ1v) is 6.91. The molecular weight excluding hydrogens is 258 g/mol. The van der Waals surface area contributed by atoms with Crippen LogP contribution in [0, 0.1) is 0 Å². The summed E-state index contributed by atoms with van der Waals surface area (Å²) in [6, 6.07) is 5.83. The number of allylic oxidation sites excluding steroid dienone is 1. The summed E-state index contributed by atoms with van der Waals surface area (Å²) in [4.78, 5) is 13.4. The average molecular weight is 271 g/mol. The van der Waals surface area contributed by atoms with Crippen molar-refractivity contribution in [1.29, 1.82) is 0 Å². The maximum atomic E-state index is 12.3. The third-order valence-corrected chi connectivity index (χ3v) is 3.84. The van der Waals surface area contributed by atoms with Gasteiger partial charge in [0.2, 0.25) is 0 Å². The molecule has 0 saturated carbocycles. The summed E-state index contributed by atoms with van der Waals surface area (Å²) in [7, 11) is 0. The van der Waals surface area contributed by atoms with Gasteiger partial charge in [0.1, 0.15) is 11.2 Å². The first-order valence-electron chi connectivity index (χ1n) is 6.03. The van der Waals surface area contributed by atoms with E-state index >= 15 is 0 Å². The Morgan fingerprint density at radius 1 is 1.42 bits per heavy atom. The molecule has 0 unspecified atom stereocenters. The van der Waals surface area contributed by atoms with Gasteiger partial charge in [-0.05, 0) is 23.9 Å². The largest absolute Gasteiger partial charge is 0.312 e. The molecular formula is C14H13N3OS. The first-order chi connectivity index (χ1) is 9.29. The number of rotatable bonds is 4. The van der Waals surface area contributed by atoms with Crippen molar-refractivity contribution in [3.8, 4) is 10.6 Å². The molecule has 4 nitrogen and oxygen atoms in total. The van der Waals surface area contributed by atoms with E-state index in [9.17, 15) is 4.79 Å². The number of fused-ring (bicyclic) bond motifs is 1. The van der Waals surface area contributed by atoms with E-state index in [0.717, 1.165) is 17.0 Å². The molecule has 0 amide bonds. The molecule has 3 heterocycles. The predicted molar refractivity (Wildman–Crippen MR) is 77.6 cm³/mol. The molecule has 0 atom stereocenters. The summed E-state index contributed by atoms with van der Waals surface area (Å²) in [5.74, 6) is 0. The van der Waals surface area contributed by atoms with Crippen molar-refractivity contribution in [1.82, 2.24) is 14.2 Å². The monoisotopic (exact) mass is 271 g/mol. The van der Waals surface area contributed by atoms with Gasteiger partial charge in [-0.1, -0.05) is 12.1 Å². The number of hydrogen-bond donors (Lipinski definition) is 0. The van der Waals surface area contributed by atoms with Crippen molar-refractivity contribution >= 4 is 16.9 Å². The van der Waals surface area contributed by atoms with Crippen LogP contribution in [-0.4, -0.2) is 14.2 Å². The summed E-state index contributed by atoms with van der Waals surface area (Å²) in [6.07, 6.45) is 6.17. The molecule has 0 radical (unpaired) electrons. The van der Waals surface area contributed by atoms with E-state index < -0.39 is 0 Å². The highest BCUT2D eigenvalue weighted by atomic mass is 32.1. The Hall–Kier alpha value is -2.14. The molecule has 5 heteroatoms. The second kappa shape index (κ2) is 4.85. The molecule has 3 rings (SSSR count). The fourth-order valence-electron chi connectivity index (χ4n) is 1.98. The fourth-order valence-corrected chi connectivity index (χ4v) is 2.66. The summed E-state index contributed by atoms with van der Waals surface area (Å²) < 4.78 is 3.33. The van der Waals surface area contributed by atoms with Crippen LogP contribution in [0.15, 0.2) is 53.4 Å². The lowest BCUT2D eigenvalue weighted by Crippen LogP contribution is -2.21. The van der Waals surface area contributed by atoms with Crippen LogP contribution in [0.1, 0.15) is 6.42 Å². The Morgan fingerprint density at radius 3 is 3.05 bits per heavy atom. The van der Waals surface area contributed by atoms with E-state index in [0.29, 0.717) is 12.1 Å². The molecule has 0 bridgehead atoms. The Morgan fingerprint density at radius 2 is 2.32 bits per heavy atom. The summed E-state index contributed by atoms with van der Waals surface area (Å²) in [6.45, 7) is 4.33. The van der Waals surface area contributed by atoms with Crippen LogP contribution in [0.5, 0.6) is 0 Å². The number of aryl methyl sites for hydroxylation is 1. The number of thiophene rings is 1. The van der Waals surface area contributed by atoms with Crippen molar-refractivity contribution in [2.24, 2.45) is 0 Å². The van der Waals surface area contributed by atoms with Gasteiger partial charge in [-0.25, -0.2) is 4.52 Å². The number of aromatic nitrogens is 3. The SMILES string of the molecule is C=CCCn1ccn2nc(-c3cccs3)cc2c1=O. The van der Waals surface area contributed by atoms with Crippen LogP contribution in [-0.2, 0) is 6.54 Å². The Labute approximate surface area is 114 Å². The molecule has 3 aromatic heterocycles. The Kier molecular flexibility index (Phi) is 3.05. The fraction of sp³-hybridized carbons (Fsp3) is 0.143. The highest BCUT2D eigenvalue weighted by Gasteiger charge is 2.09. The molecule has 0 spiro atoms. The predicted octanol–water partition coefficient (Wildman–Crippen LogP) is 2.80. The third kappa shape index (κ3) is 2.13. The lowest BCUT2D eigenvalue weighted by atomic mass is 10.3. The van der Waals surface area contributed by atoms with Crippen LogP contribution >= 0.6 is 11.3 Å². The molecule has 0 N–H and O–H groups in total. The second-order valence-electron chi connectivity index (χ2n) is 4.21. The molecule has 0 aliphatic rings. The van der Waals surface area contributed by atoms with Gasteiger partial charge in [0.25, 0.3) is 5.56 Å². The van der Waals surface area contributed by atoms with Gasteiger partial charge in [-0.15, -0.1) is 17.9 Å². The van der Waals surface area contributed by atoms with Gasteiger partial charge in [0.15, 0.2) is 0 Å². The maximum absolute atomic E-state index is 12.3. The van der Waals surface area contributed by atoms with Crippen LogP contribution in [0.25, 0.3) is 16.1 Å². The average Bonchev–Trinajstić information content (AvgIpc) is 3.07. The maximum Gasteiger partial charge on any atom is 0.276 e. The van der Waals surface area contributed by atoms with Gasteiger partial charge in [0, 0.05) is 18.9 Å². The van der Waals surface area contributed by atoms with Crippen LogP contribution in [0.4, 0.5) is 0 Å². The van der Waals surface area contributed by atoms with E-state index in [1.54, 1.807) is 26.6 Å². The quantitative estimate of drug-likeness (QED) is 0.684. The zero-order valence-corrected chi connectivity index (χ0v) is 11.1. The smallest absolute Gasteiger partial charge is 0.276 e. The van der Waals surface area contributed by atoms with Crippen molar-refractivity contribution in [3.05, 3.63) is 59.0 Å². The summed E-state index contributed by atoms with van der Waals surface area (Å²) >= 11 is 1.62. The summed E-state index contributed by atoms with van der Waals surface area (Å²) in [5.41, 5.74) is 1.43. The molecule has 3 aromatic rings. The lowest BCUT2D eigenvalue weighted by Gasteiger charge is -2.02. The minimum Gasteiger partial charge on any atom is -0.312 e. The lowest BCUT2D eigenvalue weighted by molar-refractivity contribution is 0.674. The van der Waals surface area contributed by atoms with Crippen molar-refractivity contribution in [2.45, 2.75) is 13.0 Å². The standard InChI is InChI=1S/C14H13N3OS/c1-2-3-6-16-7-8-17-12(14(16)18)10-11(15-17)13-5-4-9-19-13/h2,4-5,7-10H,1,3,6H2. The molecule has 0 aliphatic carbocycles. The second-order valence-corrected chi connectivity index (χ2v) is 5.16. The van der Waals surface area contributed by atoms with Crippen LogP contribution in [0.2, 0.25) is 0 Å². The van der Waals surface area contributed by atoms with Crippen molar-refractivity contribution in [3.63, 3.8) is 0 Å². The zero-order chi connectivity index (χ0) is 13.2. The highest BCUT2D eigenvalue weighted by Crippen LogP contribution is 2.23.